The van der Waals surface area contributed by atoms with Gasteiger partial charge < -0.3 is 89.9 Å². The van der Waals surface area contributed by atoms with E-state index < -0.39 is 124 Å². The van der Waals surface area contributed by atoms with Crippen molar-refractivity contribution in [2.24, 2.45) is 0 Å². The zero-order valence-electron chi connectivity index (χ0n) is 54.2. The van der Waals surface area contributed by atoms with E-state index in [9.17, 15) is 61.0 Å². The number of amides is 1. The summed E-state index contributed by atoms with van der Waals surface area (Å²) in [6.45, 7) is 1.62. The fourth-order valence-corrected chi connectivity index (χ4v) is 11.7. The molecule has 514 valence electrons. The van der Waals surface area contributed by atoms with Crippen LogP contribution in [0.3, 0.4) is 0 Å². The highest BCUT2D eigenvalue weighted by atomic mass is 16.8. The molecule has 3 fully saturated rings. The first kappa shape index (κ1) is 80.0. The molecule has 12 N–H and O–H groups in total. The van der Waals surface area contributed by atoms with E-state index in [2.05, 4.69) is 55.6 Å². The average Bonchev–Trinajstić information content (AvgIpc) is 3.59. The summed E-state index contributed by atoms with van der Waals surface area (Å²) in [6, 6.07) is -0.984. The van der Waals surface area contributed by atoms with Gasteiger partial charge in [0.25, 0.3) is 0 Å². The summed E-state index contributed by atoms with van der Waals surface area (Å²) in [5.74, 6) is -0.292. The van der Waals surface area contributed by atoms with Crippen LogP contribution in [-0.2, 0) is 33.2 Å². The van der Waals surface area contributed by atoms with E-state index in [4.69, 9.17) is 28.4 Å². The summed E-state index contributed by atoms with van der Waals surface area (Å²) in [5.41, 5.74) is 0. The van der Waals surface area contributed by atoms with Crippen molar-refractivity contribution >= 4 is 5.91 Å². The van der Waals surface area contributed by atoms with Crippen LogP contribution in [0.2, 0.25) is 0 Å². The van der Waals surface area contributed by atoms with Crippen LogP contribution in [-0.4, -0.2) is 193 Å². The average molecular weight is 1260 g/mol. The van der Waals surface area contributed by atoms with E-state index in [0.717, 1.165) is 77.0 Å². The van der Waals surface area contributed by atoms with Gasteiger partial charge in [-0.05, 0) is 51.4 Å². The van der Waals surface area contributed by atoms with Gasteiger partial charge in [-0.15, -0.1) is 0 Å². The Balaban J connectivity index is 1.42. The molecular formula is C69H125NO18. The van der Waals surface area contributed by atoms with Crippen molar-refractivity contribution in [3.63, 3.8) is 0 Å². The molecule has 88 heavy (non-hydrogen) atoms. The Hall–Kier alpha value is -2.25. The summed E-state index contributed by atoms with van der Waals surface area (Å²) >= 11 is 0. The van der Waals surface area contributed by atoms with Crippen molar-refractivity contribution in [3.05, 3.63) is 48.6 Å². The van der Waals surface area contributed by atoms with Crippen LogP contribution in [0.15, 0.2) is 48.6 Å². The largest absolute Gasteiger partial charge is 0.394 e. The summed E-state index contributed by atoms with van der Waals surface area (Å²) < 4.78 is 34.3. The maximum absolute atomic E-state index is 13.4. The second-order valence-electron chi connectivity index (χ2n) is 25.0. The van der Waals surface area contributed by atoms with Crippen molar-refractivity contribution in [2.45, 2.75) is 356 Å². The molecule has 3 aliphatic rings. The molecule has 0 aromatic rings. The predicted molar refractivity (Wildman–Crippen MR) is 342 cm³/mol. The Morgan fingerprint density at radius 3 is 1.23 bits per heavy atom. The zero-order valence-corrected chi connectivity index (χ0v) is 54.2. The van der Waals surface area contributed by atoms with Gasteiger partial charge in [0.05, 0.1) is 38.6 Å². The lowest BCUT2D eigenvalue weighted by atomic mass is 9.96. The van der Waals surface area contributed by atoms with Crippen LogP contribution in [0.1, 0.15) is 251 Å². The van der Waals surface area contributed by atoms with Gasteiger partial charge in [-0.2, -0.15) is 0 Å². The van der Waals surface area contributed by atoms with Crippen molar-refractivity contribution in [3.8, 4) is 0 Å². The molecule has 0 saturated carbocycles. The number of aliphatic hydroxyl groups excluding tert-OH is 11. The molecule has 0 spiro atoms. The van der Waals surface area contributed by atoms with Crippen molar-refractivity contribution in [2.75, 3.05) is 26.4 Å². The van der Waals surface area contributed by atoms with Crippen LogP contribution in [0.5, 0.6) is 0 Å². The lowest BCUT2D eigenvalue weighted by molar-refractivity contribution is -0.379. The van der Waals surface area contributed by atoms with Gasteiger partial charge >= 0.3 is 0 Å². The molecule has 0 aliphatic carbocycles. The highest BCUT2D eigenvalue weighted by molar-refractivity contribution is 5.76. The predicted octanol–water partition coefficient (Wildman–Crippen LogP) is 9.00. The lowest BCUT2D eigenvalue weighted by Gasteiger charge is -2.48. The molecule has 0 aromatic carbocycles. The first-order valence-electron chi connectivity index (χ1n) is 34.9. The topological polar surface area (TPSA) is 307 Å². The number of unbranched alkanes of at least 4 members (excludes halogenated alkanes) is 31. The highest BCUT2D eigenvalue weighted by Crippen LogP contribution is 2.33. The highest BCUT2D eigenvalue weighted by Gasteiger charge is 2.53. The Morgan fingerprint density at radius 2 is 0.784 bits per heavy atom. The number of carbonyl (C=O) groups is 1. The molecule has 3 heterocycles. The second-order valence-corrected chi connectivity index (χ2v) is 25.0. The van der Waals surface area contributed by atoms with Crippen LogP contribution in [0.25, 0.3) is 0 Å². The molecule has 3 aliphatic heterocycles. The number of ether oxygens (including phenoxy) is 6. The zero-order chi connectivity index (χ0) is 64.0. The number of hydrogen-bond donors (Lipinski definition) is 12. The van der Waals surface area contributed by atoms with E-state index in [0.29, 0.717) is 6.42 Å². The van der Waals surface area contributed by atoms with Gasteiger partial charge in [-0.3, -0.25) is 4.79 Å². The van der Waals surface area contributed by atoms with Crippen LogP contribution in [0.4, 0.5) is 0 Å². The van der Waals surface area contributed by atoms with Gasteiger partial charge in [0, 0.05) is 6.42 Å². The minimum atomic E-state index is -1.98. The Kier molecular flexibility index (Phi) is 46.5. The van der Waals surface area contributed by atoms with Gasteiger partial charge in [0.15, 0.2) is 18.9 Å². The minimum absolute atomic E-state index is 0.223. The second kappa shape index (κ2) is 51.2. The third kappa shape index (κ3) is 33.0. The van der Waals surface area contributed by atoms with Gasteiger partial charge in [-0.25, -0.2) is 0 Å². The van der Waals surface area contributed by atoms with Crippen molar-refractivity contribution in [1.29, 1.82) is 0 Å². The third-order valence-corrected chi connectivity index (χ3v) is 17.4. The quantitative estimate of drug-likeness (QED) is 0.0200. The van der Waals surface area contributed by atoms with E-state index in [1.165, 1.54) is 148 Å². The first-order chi connectivity index (χ1) is 42.8. The molecule has 0 aromatic heterocycles. The number of carbonyl (C=O) groups excluding carboxylic acids is 1. The molecule has 17 atom stereocenters. The molecule has 19 nitrogen and oxygen atoms in total. The lowest BCUT2D eigenvalue weighted by Crippen LogP contribution is -2.66. The maximum Gasteiger partial charge on any atom is 0.220 e. The first-order valence-corrected chi connectivity index (χ1v) is 34.9. The van der Waals surface area contributed by atoms with E-state index in [1.807, 2.05) is 6.08 Å². The summed E-state index contributed by atoms with van der Waals surface area (Å²) in [5, 5.41) is 120. The smallest absolute Gasteiger partial charge is 0.220 e. The molecule has 17 unspecified atom stereocenters. The molecule has 0 radical (unpaired) electrons. The van der Waals surface area contributed by atoms with Gasteiger partial charge in [0.2, 0.25) is 5.91 Å². The standard InChI is InChI=1S/C69H125NO18/c1-3-5-7-9-11-13-15-17-19-20-21-22-23-24-25-26-27-28-29-30-31-33-34-36-38-40-42-44-46-53(74)52(70-57(75)47-45-43-41-39-37-35-32-18-16-14-12-10-8-6-4-2)51-83-67-63(81)60(78)65(55(49-72)85-67)88-69-64(82)61(79)66(56(50-73)86-69)87-68-62(80)59(77)58(76)54(48-71)84-68/h6,8,12,14,18,32,44,46,52-56,58-69,71-74,76-82H,3-5,7,9-11,13,15-17,19-31,33-43,45,47-51H2,1-2H3,(H,70,75)/b8-6-,14-12-,32-18-,46-44+. The van der Waals surface area contributed by atoms with Crippen molar-refractivity contribution < 1.29 is 89.4 Å². The molecule has 3 saturated heterocycles. The van der Waals surface area contributed by atoms with E-state index in [1.54, 1.807) is 6.08 Å². The monoisotopic (exact) mass is 1260 g/mol. The number of nitrogens with one attached hydrogen (secondary N) is 1. The Labute approximate surface area is 529 Å². The Morgan fingerprint density at radius 1 is 0.420 bits per heavy atom. The fourth-order valence-electron chi connectivity index (χ4n) is 11.7. The number of allylic oxidation sites excluding steroid dienone is 7. The molecule has 19 heteroatoms. The summed E-state index contributed by atoms with van der Waals surface area (Å²) in [7, 11) is 0. The van der Waals surface area contributed by atoms with Gasteiger partial charge in [-0.1, -0.05) is 242 Å². The summed E-state index contributed by atoms with van der Waals surface area (Å²) in [6.07, 6.45) is 33.9. The minimum Gasteiger partial charge on any atom is -0.394 e. The normalized spacial score (nSPS) is 28.7. The van der Waals surface area contributed by atoms with Crippen LogP contribution in [0, 0.1) is 0 Å². The molecule has 0 bridgehead atoms. The summed E-state index contributed by atoms with van der Waals surface area (Å²) in [4.78, 5) is 13.4. The molecule has 1 amide bonds. The van der Waals surface area contributed by atoms with Crippen LogP contribution < -0.4 is 5.32 Å². The molecular weight excluding hydrogens is 1130 g/mol. The third-order valence-electron chi connectivity index (χ3n) is 17.4. The fraction of sp³-hybridized carbons (Fsp3) is 0.870. The van der Waals surface area contributed by atoms with E-state index >= 15 is 0 Å². The number of aliphatic hydroxyl groups is 11. The van der Waals surface area contributed by atoms with Crippen molar-refractivity contribution in [1.82, 2.24) is 5.32 Å². The molecule has 3 rings (SSSR count). The van der Waals surface area contributed by atoms with E-state index in [-0.39, 0.29) is 18.9 Å². The van der Waals surface area contributed by atoms with Crippen LogP contribution >= 0.6 is 0 Å². The van der Waals surface area contributed by atoms with Gasteiger partial charge in [0.1, 0.15) is 73.2 Å². The Bertz CT molecular complexity index is 1790. The number of rotatable bonds is 53. The number of hydrogen-bond acceptors (Lipinski definition) is 18. The SMILES string of the molecule is CC/C=C\C/C=C\C/C=C\CCCCCCCC(=O)NC(COC1OC(CO)C(OC2OC(CO)C(OC3OC(CO)C(O)C(O)C3O)C(O)C2O)C(O)C1O)C(O)/C=C/CCCCCCCCCCCCCCCCCCCCCCCCCCCC. The maximum atomic E-state index is 13.4.